The first kappa shape index (κ1) is 12.1. The molecule has 1 heterocycles. The molecule has 0 amide bonds. The topological polar surface area (TPSA) is 78.8 Å². The van der Waals surface area contributed by atoms with Gasteiger partial charge in [0.2, 0.25) is 5.95 Å². The summed E-state index contributed by atoms with van der Waals surface area (Å²) in [5, 5.41) is 9.03. The average molecular weight is 260 g/mol. The van der Waals surface area contributed by atoms with Crippen LogP contribution in [0.4, 0.5) is 17.5 Å². The highest BCUT2D eigenvalue weighted by atomic mass is 35.5. The fraction of sp³-hybridized carbons (Fsp3) is 0.0833. The number of aromatic nitrogens is 2. The molecule has 2 N–H and O–H groups in total. The standard InChI is InChI=1S/C12H10ClN5/c1-18(9-4-2-8(7-14)3-5-9)11-6-10(13)16-12(15)17-11/h2-6H,1H3,(H2,15,16,17). The van der Waals surface area contributed by atoms with E-state index in [2.05, 4.69) is 16.0 Å². The second kappa shape index (κ2) is 4.90. The van der Waals surface area contributed by atoms with Gasteiger partial charge in [0.05, 0.1) is 11.6 Å². The number of halogens is 1. The molecule has 2 aromatic rings. The third-order valence-electron chi connectivity index (χ3n) is 2.43. The van der Waals surface area contributed by atoms with E-state index in [1.54, 1.807) is 18.2 Å². The summed E-state index contributed by atoms with van der Waals surface area (Å²) in [4.78, 5) is 9.71. The summed E-state index contributed by atoms with van der Waals surface area (Å²) < 4.78 is 0. The molecule has 5 nitrogen and oxygen atoms in total. The van der Waals surface area contributed by atoms with Crippen molar-refractivity contribution in [3.05, 3.63) is 41.0 Å². The molecule has 0 atom stereocenters. The summed E-state index contributed by atoms with van der Waals surface area (Å²) in [6, 6.07) is 10.8. The van der Waals surface area contributed by atoms with Gasteiger partial charge in [-0.05, 0) is 24.3 Å². The molecular weight excluding hydrogens is 250 g/mol. The van der Waals surface area contributed by atoms with Gasteiger partial charge in [0.25, 0.3) is 0 Å². The van der Waals surface area contributed by atoms with Crippen LogP contribution in [0.3, 0.4) is 0 Å². The van der Waals surface area contributed by atoms with E-state index in [0.29, 0.717) is 11.4 Å². The van der Waals surface area contributed by atoms with Crippen LogP contribution in [0.1, 0.15) is 5.56 Å². The van der Waals surface area contributed by atoms with Gasteiger partial charge in [0.1, 0.15) is 11.0 Å². The van der Waals surface area contributed by atoms with Crippen LogP contribution in [-0.2, 0) is 0 Å². The minimum atomic E-state index is 0.123. The molecule has 0 fully saturated rings. The van der Waals surface area contributed by atoms with Gasteiger partial charge in [0, 0.05) is 18.8 Å². The molecule has 0 saturated heterocycles. The molecule has 0 radical (unpaired) electrons. The SMILES string of the molecule is CN(c1ccc(C#N)cc1)c1cc(Cl)nc(N)n1. The lowest BCUT2D eigenvalue weighted by Gasteiger charge is -2.18. The molecule has 90 valence electrons. The quantitative estimate of drug-likeness (QED) is 0.838. The number of nitrogens with two attached hydrogens (primary N) is 1. The third-order valence-corrected chi connectivity index (χ3v) is 2.62. The van der Waals surface area contributed by atoms with Gasteiger partial charge in [-0.25, -0.2) is 4.98 Å². The van der Waals surface area contributed by atoms with Crippen LogP contribution in [0.15, 0.2) is 30.3 Å². The molecule has 0 aliphatic rings. The van der Waals surface area contributed by atoms with Gasteiger partial charge in [-0.2, -0.15) is 10.2 Å². The molecule has 1 aromatic carbocycles. The molecule has 18 heavy (non-hydrogen) atoms. The number of nitriles is 1. The Hall–Kier alpha value is -2.32. The Labute approximate surface area is 109 Å². The van der Waals surface area contributed by atoms with E-state index in [4.69, 9.17) is 22.6 Å². The highest BCUT2D eigenvalue weighted by molar-refractivity contribution is 6.29. The van der Waals surface area contributed by atoms with Crippen molar-refractivity contribution in [2.75, 3.05) is 17.7 Å². The first-order valence-electron chi connectivity index (χ1n) is 5.14. The van der Waals surface area contributed by atoms with Gasteiger partial charge >= 0.3 is 0 Å². The highest BCUT2D eigenvalue weighted by Crippen LogP contribution is 2.24. The maximum absolute atomic E-state index is 8.74. The van der Waals surface area contributed by atoms with Crippen molar-refractivity contribution in [2.24, 2.45) is 0 Å². The second-order valence-electron chi connectivity index (χ2n) is 3.62. The Bertz CT molecular complexity index is 583. The molecule has 0 saturated carbocycles. The summed E-state index contributed by atoms with van der Waals surface area (Å²) >= 11 is 5.83. The van der Waals surface area contributed by atoms with Crippen molar-refractivity contribution in [1.29, 1.82) is 5.26 Å². The smallest absolute Gasteiger partial charge is 0.223 e. The van der Waals surface area contributed by atoms with E-state index in [0.717, 1.165) is 5.69 Å². The summed E-state index contributed by atoms with van der Waals surface area (Å²) in [6.07, 6.45) is 0. The number of benzene rings is 1. The van der Waals surface area contributed by atoms with E-state index in [1.165, 1.54) is 0 Å². The lowest BCUT2D eigenvalue weighted by molar-refractivity contribution is 1.09. The molecule has 6 heteroatoms. The highest BCUT2D eigenvalue weighted by Gasteiger charge is 2.08. The van der Waals surface area contributed by atoms with Gasteiger partial charge < -0.3 is 10.6 Å². The predicted molar refractivity (Wildman–Crippen MR) is 70.7 cm³/mol. The fourth-order valence-electron chi connectivity index (χ4n) is 1.49. The first-order valence-corrected chi connectivity index (χ1v) is 5.52. The largest absolute Gasteiger partial charge is 0.368 e. The zero-order chi connectivity index (χ0) is 13.1. The Balaban J connectivity index is 2.35. The van der Waals surface area contributed by atoms with Gasteiger partial charge in [-0.1, -0.05) is 11.6 Å². The molecule has 0 aliphatic carbocycles. The van der Waals surface area contributed by atoms with Crippen molar-refractivity contribution in [3.8, 4) is 6.07 Å². The normalized spacial score (nSPS) is 9.83. The molecule has 0 unspecified atom stereocenters. The summed E-state index contributed by atoms with van der Waals surface area (Å²) in [5.41, 5.74) is 7.03. The molecule has 1 aromatic heterocycles. The fourth-order valence-corrected chi connectivity index (χ4v) is 1.67. The number of nitrogen functional groups attached to an aromatic ring is 1. The van der Waals surface area contributed by atoms with Crippen molar-refractivity contribution in [2.45, 2.75) is 0 Å². The van der Waals surface area contributed by atoms with Gasteiger partial charge in [0.15, 0.2) is 0 Å². The van der Waals surface area contributed by atoms with E-state index in [1.807, 2.05) is 24.1 Å². The van der Waals surface area contributed by atoms with E-state index < -0.39 is 0 Å². The Morgan fingerprint density at radius 2 is 1.94 bits per heavy atom. The summed E-state index contributed by atoms with van der Waals surface area (Å²) in [5.74, 6) is 0.718. The Morgan fingerprint density at radius 3 is 2.50 bits per heavy atom. The van der Waals surface area contributed by atoms with Crippen LogP contribution in [0.25, 0.3) is 0 Å². The lowest BCUT2D eigenvalue weighted by atomic mass is 10.2. The average Bonchev–Trinajstić information content (AvgIpc) is 2.37. The lowest BCUT2D eigenvalue weighted by Crippen LogP contribution is -2.12. The summed E-state index contributed by atoms with van der Waals surface area (Å²) in [7, 11) is 1.83. The number of rotatable bonds is 2. The number of nitrogens with zero attached hydrogens (tertiary/aromatic N) is 4. The van der Waals surface area contributed by atoms with Crippen LogP contribution in [0, 0.1) is 11.3 Å². The maximum atomic E-state index is 8.74. The van der Waals surface area contributed by atoms with Crippen molar-refractivity contribution in [1.82, 2.24) is 9.97 Å². The van der Waals surface area contributed by atoms with E-state index in [9.17, 15) is 0 Å². The zero-order valence-corrected chi connectivity index (χ0v) is 10.4. The zero-order valence-electron chi connectivity index (χ0n) is 9.63. The predicted octanol–water partition coefficient (Wildman–Crippen LogP) is 2.35. The number of hydrogen-bond acceptors (Lipinski definition) is 5. The summed E-state index contributed by atoms with van der Waals surface area (Å²) in [6.45, 7) is 0. The molecular formula is C12H10ClN5. The second-order valence-corrected chi connectivity index (χ2v) is 4.01. The van der Waals surface area contributed by atoms with E-state index >= 15 is 0 Å². The van der Waals surface area contributed by atoms with Crippen LogP contribution in [-0.4, -0.2) is 17.0 Å². The van der Waals surface area contributed by atoms with Crippen molar-refractivity contribution >= 4 is 29.1 Å². The molecule has 0 bridgehead atoms. The Morgan fingerprint density at radius 1 is 1.28 bits per heavy atom. The first-order chi connectivity index (χ1) is 8.60. The monoisotopic (exact) mass is 259 g/mol. The molecule has 0 spiro atoms. The minimum absolute atomic E-state index is 0.123. The van der Waals surface area contributed by atoms with Crippen molar-refractivity contribution in [3.63, 3.8) is 0 Å². The maximum Gasteiger partial charge on any atom is 0.223 e. The van der Waals surface area contributed by atoms with E-state index in [-0.39, 0.29) is 11.1 Å². The number of hydrogen-bond donors (Lipinski definition) is 1. The van der Waals surface area contributed by atoms with Gasteiger partial charge in [-0.15, -0.1) is 0 Å². The minimum Gasteiger partial charge on any atom is -0.368 e. The van der Waals surface area contributed by atoms with Crippen LogP contribution >= 0.6 is 11.6 Å². The van der Waals surface area contributed by atoms with Crippen molar-refractivity contribution < 1.29 is 0 Å². The molecule has 2 rings (SSSR count). The van der Waals surface area contributed by atoms with Crippen LogP contribution in [0.2, 0.25) is 5.15 Å². The van der Waals surface area contributed by atoms with Crippen LogP contribution in [0.5, 0.6) is 0 Å². The number of anilines is 3. The third kappa shape index (κ3) is 2.50. The van der Waals surface area contributed by atoms with Gasteiger partial charge in [-0.3, -0.25) is 0 Å². The van der Waals surface area contributed by atoms with Crippen LogP contribution < -0.4 is 10.6 Å². The Kier molecular flexibility index (Phi) is 3.31. The molecule has 0 aliphatic heterocycles.